The summed E-state index contributed by atoms with van der Waals surface area (Å²) in [5.74, 6) is 3.11. The van der Waals surface area contributed by atoms with E-state index in [0.717, 1.165) is 88.8 Å². The van der Waals surface area contributed by atoms with Gasteiger partial charge in [-0.1, -0.05) is 6.92 Å². The number of hydrogen-bond acceptors (Lipinski definition) is 6. The summed E-state index contributed by atoms with van der Waals surface area (Å²) >= 11 is 0. The number of likely N-dealkylation sites (tertiary alicyclic amines) is 1. The number of piperidine rings is 2. The van der Waals surface area contributed by atoms with Crippen molar-refractivity contribution in [3.63, 3.8) is 0 Å². The van der Waals surface area contributed by atoms with Crippen LogP contribution in [-0.4, -0.2) is 71.3 Å². The van der Waals surface area contributed by atoms with Crippen molar-refractivity contribution < 1.29 is 9.90 Å². The summed E-state index contributed by atoms with van der Waals surface area (Å²) in [6.07, 6.45) is 7.80. The zero-order chi connectivity index (χ0) is 19.5. The molecule has 1 aromatic heterocycles. The molecule has 0 bridgehead atoms. The molecule has 1 aromatic rings. The number of rotatable bonds is 4. The van der Waals surface area contributed by atoms with Crippen molar-refractivity contribution in [1.29, 1.82) is 0 Å². The number of carbonyl (C=O) groups is 1. The molecule has 1 N–H and O–H groups in total. The van der Waals surface area contributed by atoms with Crippen LogP contribution in [0.1, 0.15) is 45.4 Å². The third-order valence-electron chi connectivity index (χ3n) is 6.78. The van der Waals surface area contributed by atoms with Crippen LogP contribution >= 0.6 is 0 Å². The first kappa shape index (κ1) is 19.4. The largest absolute Gasteiger partial charge is 0.394 e. The van der Waals surface area contributed by atoms with Gasteiger partial charge < -0.3 is 19.8 Å². The molecule has 0 saturated carbocycles. The van der Waals surface area contributed by atoms with Crippen LogP contribution in [0.4, 0.5) is 11.6 Å². The molecular formula is C21H33N5O2. The van der Waals surface area contributed by atoms with Crippen LogP contribution < -0.4 is 9.80 Å². The maximum Gasteiger partial charge on any atom is 0.225 e. The predicted molar refractivity (Wildman–Crippen MR) is 109 cm³/mol. The van der Waals surface area contributed by atoms with E-state index in [2.05, 4.69) is 31.6 Å². The van der Waals surface area contributed by atoms with Gasteiger partial charge in [-0.15, -0.1) is 0 Å². The maximum absolute atomic E-state index is 12.9. The number of hydrogen-bond donors (Lipinski definition) is 1. The topological polar surface area (TPSA) is 72.8 Å². The van der Waals surface area contributed by atoms with Crippen LogP contribution in [0.25, 0.3) is 0 Å². The van der Waals surface area contributed by atoms with Gasteiger partial charge in [-0.25, -0.2) is 9.97 Å². The summed E-state index contributed by atoms with van der Waals surface area (Å²) < 4.78 is 0. The van der Waals surface area contributed by atoms with Crippen molar-refractivity contribution in [2.75, 3.05) is 49.1 Å². The van der Waals surface area contributed by atoms with E-state index >= 15 is 0 Å². The molecule has 154 valence electrons. The van der Waals surface area contributed by atoms with Crippen molar-refractivity contribution in [3.8, 4) is 0 Å². The number of amides is 1. The van der Waals surface area contributed by atoms with E-state index in [1.807, 2.05) is 6.07 Å². The Morgan fingerprint density at radius 2 is 1.75 bits per heavy atom. The molecule has 0 aromatic carbocycles. The van der Waals surface area contributed by atoms with Gasteiger partial charge in [0.15, 0.2) is 0 Å². The van der Waals surface area contributed by atoms with Gasteiger partial charge in [0, 0.05) is 44.7 Å². The highest BCUT2D eigenvalue weighted by Crippen LogP contribution is 2.29. The lowest BCUT2D eigenvalue weighted by molar-refractivity contribution is -0.137. The molecule has 0 radical (unpaired) electrons. The van der Waals surface area contributed by atoms with Crippen molar-refractivity contribution in [3.05, 3.63) is 12.4 Å². The minimum Gasteiger partial charge on any atom is -0.394 e. The monoisotopic (exact) mass is 387 g/mol. The molecule has 0 aliphatic carbocycles. The first-order chi connectivity index (χ1) is 13.7. The van der Waals surface area contributed by atoms with Crippen molar-refractivity contribution >= 4 is 17.5 Å². The van der Waals surface area contributed by atoms with Gasteiger partial charge >= 0.3 is 0 Å². The molecular weight excluding hydrogens is 354 g/mol. The number of aromatic nitrogens is 2. The SMILES string of the molecule is CC1CCN(C(=O)C2CCN(c3cc(N4CCCC4CO)ncn3)CC2)CC1. The van der Waals surface area contributed by atoms with E-state index < -0.39 is 0 Å². The van der Waals surface area contributed by atoms with Crippen molar-refractivity contribution in [2.45, 2.75) is 51.5 Å². The first-order valence-corrected chi connectivity index (χ1v) is 10.9. The highest BCUT2D eigenvalue weighted by Gasteiger charge is 2.31. The number of nitrogens with zero attached hydrogens (tertiary/aromatic N) is 5. The molecule has 3 fully saturated rings. The highest BCUT2D eigenvalue weighted by molar-refractivity contribution is 5.79. The Morgan fingerprint density at radius 1 is 1.04 bits per heavy atom. The fourth-order valence-corrected chi connectivity index (χ4v) is 4.84. The van der Waals surface area contributed by atoms with Gasteiger partial charge in [0.25, 0.3) is 0 Å². The van der Waals surface area contributed by atoms with Crippen molar-refractivity contribution in [2.24, 2.45) is 11.8 Å². The highest BCUT2D eigenvalue weighted by atomic mass is 16.3. The average molecular weight is 388 g/mol. The fourth-order valence-electron chi connectivity index (χ4n) is 4.84. The van der Waals surface area contributed by atoms with Gasteiger partial charge in [-0.05, 0) is 44.4 Å². The van der Waals surface area contributed by atoms with Gasteiger partial charge in [-0.2, -0.15) is 0 Å². The summed E-state index contributed by atoms with van der Waals surface area (Å²) in [5, 5.41) is 9.59. The third kappa shape index (κ3) is 4.09. The molecule has 4 rings (SSSR count). The van der Waals surface area contributed by atoms with Crippen LogP contribution in [0.2, 0.25) is 0 Å². The molecule has 1 unspecified atom stereocenters. The number of aliphatic hydroxyl groups is 1. The second-order valence-corrected chi connectivity index (χ2v) is 8.68. The van der Waals surface area contributed by atoms with E-state index in [1.165, 1.54) is 0 Å². The quantitative estimate of drug-likeness (QED) is 0.851. The summed E-state index contributed by atoms with van der Waals surface area (Å²) in [7, 11) is 0. The third-order valence-corrected chi connectivity index (χ3v) is 6.78. The molecule has 3 aliphatic heterocycles. The zero-order valence-corrected chi connectivity index (χ0v) is 17.0. The van der Waals surface area contributed by atoms with E-state index in [-0.39, 0.29) is 18.6 Å². The van der Waals surface area contributed by atoms with Gasteiger partial charge in [0.1, 0.15) is 18.0 Å². The minimum atomic E-state index is 0.156. The summed E-state index contributed by atoms with van der Waals surface area (Å²) in [6, 6.07) is 2.21. The Hall–Kier alpha value is -1.89. The average Bonchev–Trinajstić information content (AvgIpc) is 3.23. The summed E-state index contributed by atoms with van der Waals surface area (Å²) in [6.45, 7) is 6.96. The second kappa shape index (κ2) is 8.64. The van der Waals surface area contributed by atoms with Crippen LogP contribution in [0.15, 0.2) is 12.4 Å². The smallest absolute Gasteiger partial charge is 0.225 e. The van der Waals surface area contributed by atoms with E-state index in [0.29, 0.717) is 5.91 Å². The lowest BCUT2D eigenvalue weighted by Crippen LogP contribution is -2.45. The molecule has 3 saturated heterocycles. The van der Waals surface area contributed by atoms with Gasteiger partial charge in [-0.3, -0.25) is 4.79 Å². The number of carbonyl (C=O) groups excluding carboxylic acids is 1. The van der Waals surface area contributed by atoms with Gasteiger partial charge in [0.2, 0.25) is 5.91 Å². The first-order valence-electron chi connectivity index (χ1n) is 10.9. The van der Waals surface area contributed by atoms with Crippen LogP contribution in [0.5, 0.6) is 0 Å². The van der Waals surface area contributed by atoms with E-state index in [4.69, 9.17) is 0 Å². The Kier molecular flexibility index (Phi) is 5.99. The zero-order valence-electron chi connectivity index (χ0n) is 17.0. The van der Waals surface area contributed by atoms with Gasteiger partial charge in [0.05, 0.1) is 12.6 Å². The molecule has 7 nitrogen and oxygen atoms in total. The molecule has 3 aliphatic rings. The lowest BCUT2D eigenvalue weighted by atomic mass is 9.92. The molecule has 7 heteroatoms. The molecule has 0 spiro atoms. The number of aliphatic hydroxyl groups excluding tert-OH is 1. The molecule has 1 atom stereocenters. The summed E-state index contributed by atoms with van der Waals surface area (Å²) in [5.41, 5.74) is 0. The standard InChI is InChI=1S/C21H33N5O2/c1-16-4-9-25(10-5-16)21(28)17-6-11-24(12-7-17)19-13-20(23-15-22-19)26-8-2-3-18(26)14-27/h13,15-18,27H,2-12,14H2,1H3. The van der Waals surface area contributed by atoms with E-state index in [1.54, 1.807) is 6.33 Å². The van der Waals surface area contributed by atoms with Crippen LogP contribution in [-0.2, 0) is 4.79 Å². The van der Waals surface area contributed by atoms with Crippen LogP contribution in [0, 0.1) is 11.8 Å². The lowest BCUT2D eigenvalue weighted by Gasteiger charge is -2.37. The number of anilines is 2. The maximum atomic E-state index is 12.9. The second-order valence-electron chi connectivity index (χ2n) is 8.68. The molecule has 1 amide bonds. The normalized spacial score (nSPS) is 24.8. The Labute approximate surface area is 167 Å². The fraction of sp³-hybridized carbons (Fsp3) is 0.762. The Morgan fingerprint density at radius 3 is 2.46 bits per heavy atom. The predicted octanol–water partition coefficient (Wildman–Crippen LogP) is 1.91. The molecule has 4 heterocycles. The summed E-state index contributed by atoms with van der Waals surface area (Å²) in [4.78, 5) is 28.3. The molecule has 28 heavy (non-hydrogen) atoms. The minimum absolute atomic E-state index is 0.156. The van der Waals surface area contributed by atoms with Crippen molar-refractivity contribution in [1.82, 2.24) is 14.9 Å². The van der Waals surface area contributed by atoms with E-state index in [9.17, 15) is 9.90 Å². The Balaban J connectivity index is 1.35. The Bertz CT molecular complexity index is 669. The van der Waals surface area contributed by atoms with Crippen LogP contribution in [0.3, 0.4) is 0 Å².